The van der Waals surface area contributed by atoms with E-state index in [2.05, 4.69) is 10.3 Å². The minimum atomic E-state index is 0.0790. The Hall–Kier alpha value is -1.62. The molecule has 19 heavy (non-hydrogen) atoms. The molecule has 1 aliphatic heterocycles. The molecule has 2 atom stereocenters. The average molecular weight is 261 g/mol. The Balaban J connectivity index is 1.78. The number of hydrogen-bond donors (Lipinski definition) is 1. The fourth-order valence-electron chi connectivity index (χ4n) is 3.01. The molecule has 1 amide bonds. The van der Waals surface area contributed by atoms with Crippen molar-refractivity contribution in [2.24, 2.45) is 0 Å². The summed E-state index contributed by atoms with van der Waals surface area (Å²) in [6.07, 6.45) is 5.16. The number of morpholine rings is 1. The number of anilines is 1. The molecule has 5 heteroatoms. The van der Waals surface area contributed by atoms with Crippen LogP contribution < -0.4 is 5.32 Å². The highest BCUT2D eigenvalue weighted by Crippen LogP contribution is 2.30. The van der Waals surface area contributed by atoms with Crippen LogP contribution in [0.1, 0.15) is 29.6 Å². The minimum absolute atomic E-state index is 0.0790. The fraction of sp³-hybridized carbons (Fsp3) is 0.571. The number of aromatic nitrogens is 1. The van der Waals surface area contributed by atoms with Gasteiger partial charge in [0.15, 0.2) is 0 Å². The second-order valence-electron chi connectivity index (χ2n) is 5.09. The van der Waals surface area contributed by atoms with Gasteiger partial charge in [-0.05, 0) is 31.4 Å². The highest BCUT2D eigenvalue weighted by Gasteiger charge is 2.38. The summed E-state index contributed by atoms with van der Waals surface area (Å²) in [6, 6.07) is 3.92. The molecule has 2 aliphatic rings. The number of carbonyl (C=O) groups is 1. The highest BCUT2D eigenvalue weighted by atomic mass is 16.5. The molecule has 1 aromatic rings. The van der Waals surface area contributed by atoms with Gasteiger partial charge in [0.05, 0.1) is 24.3 Å². The smallest absolute Gasteiger partial charge is 0.255 e. The van der Waals surface area contributed by atoms with Gasteiger partial charge in [0.25, 0.3) is 5.91 Å². The lowest BCUT2D eigenvalue weighted by molar-refractivity contribution is -0.0445. The molecule has 102 valence electrons. The lowest BCUT2D eigenvalue weighted by Gasteiger charge is -2.37. The van der Waals surface area contributed by atoms with E-state index in [0.29, 0.717) is 18.7 Å². The van der Waals surface area contributed by atoms with E-state index in [1.165, 1.54) is 0 Å². The summed E-state index contributed by atoms with van der Waals surface area (Å²) in [5.74, 6) is 0.854. The third kappa shape index (κ3) is 2.30. The van der Waals surface area contributed by atoms with Gasteiger partial charge in [-0.15, -0.1) is 0 Å². The van der Waals surface area contributed by atoms with Crippen molar-refractivity contribution in [1.29, 1.82) is 0 Å². The van der Waals surface area contributed by atoms with Crippen molar-refractivity contribution in [2.45, 2.75) is 31.4 Å². The molecule has 0 radical (unpaired) electrons. The number of nitrogens with one attached hydrogen (secondary N) is 1. The molecule has 1 saturated heterocycles. The number of amides is 1. The summed E-state index contributed by atoms with van der Waals surface area (Å²) in [5.41, 5.74) is 0.659. The summed E-state index contributed by atoms with van der Waals surface area (Å²) in [6.45, 7) is 1.34. The Kier molecular flexibility index (Phi) is 3.38. The minimum Gasteiger partial charge on any atom is -0.374 e. The molecule has 2 unspecified atom stereocenters. The van der Waals surface area contributed by atoms with E-state index in [4.69, 9.17) is 4.74 Å². The van der Waals surface area contributed by atoms with Crippen LogP contribution in [-0.4, -0.2) is 48.1 Å². The summed E-state index contributed by atoms with van der Waals surface area (Å²) < 4.78 is 5.74. The molecule has 5 nitrogen and oxygen atoms in total. The third-order valence-electron chi connectivity index (χ3n) is 4.01. The van der Waals surface area contributed by atoms with E-state index < -0.39 is 0 Å². The molecule has 0 aromatic carbocycles. The van der Waals surface area contributed by atoms with Crippen LogP contribution in [0.25, 0.3) is 0 Å². The molecular weight excluding hydrogens is 242 g/mol. The summed E-state index contributed by atoms with van der Waals surface area (Å²) >= 11 is 0. The third-order valence-corrected chi connectivity index (χ3v) is 4.01. The normalized spacial score (nSPS) is 26.1. The molecule has 2 heterocycles. The van der Waals surface area contributed by atoms with Crippen LogP contribution in [0.2, 0.25) is 0 Å². The molecule has 3 rings (SSSR count). The van der Waals surface area contributed by atoms with Crippen LogP contribution in [0.15, 0.2) is 18.3 Å². The van der Waals surface area contributed by atoms with Crippen molar-refractivity contribution in [3.05, 3.63) is 23.9 Å². The number of pyridine rings is 1. The molecule has 1 saturated carbocycles. The van der Waals surface area contributed by atoms with Crippen molar-refractivity contribution in [3.63, 3.8) is 0 Å². The van der Waals surface area contributed by atoms with E-state index in [1.807, 2.05) is 24.1 Å². The molecule has 1 N–H and O–H groups in total. The van der Waals surface area contributed by atoms with E-state index in [-0.39, 0.29) is 18.1 Å². The Bertz CT molecular complexity index is 460. The van der Waals surface area contributed by atoms with Crippen LogP contribution >= 0.6 is 0 Å². The number of fused-ring (bicyclic) bond motifs is 1. The number of rotatable bonds is 2. The predicted octanol–water partition coefficient (Wildman–Crippen LogP) is 1.52. The maximum Gasteiger partial charge on any atom is 0.255 e. The first-order valence-corrected chi connectivity index (χ1v) is 6.86. The number of ether oxygens (including phenoxy) is 1. The SMILES string of the molecule is CNc1ccc(C(=O)N2CCOC3CCCC32)cn1. The largest absolute Gasteiger partial charge is 0.374 e. The van der Waals surface area contributed by atoms with Crippen LogP contribution in [0.5, 0.6) is 0 Å². The van der Waals surface area contributed by atoms with Gasteiger partial charge in [0, 0.05) is 19.8 Å². The molecule has 2 fully saturated rings. The van der Waals surface area contributed by atoms with Crippen LogP contribution in [0, 0.1) is 0 Å². The first-order chi connectivity index (χ1) is 9.29. The van der Waals surface area contributed by atoms with Crippen LogP contribution in [0.4, 0.5) is 5.82 Å². The van der Waals surface area contributed by atoms with Crippen LogP contribution in [0.3, 0.4) is 0 Å². The number of carbonyl (C=O) groups excluding carboxylic acids is 1. The Morgan fingerprint density at radius 1 is 1.47 bits per heavy atom. The van der Waals surface area contributed by atoms with Gasteiger partial charge in [-0.1, -0.05) is 0 Å². The monoisotopic (exact) mass is 261 g/mol. The van der Waals surface area contributed by atoms with E-state index in [0.717, 1.165) is 25.1 Å². The van der Waals surface area contributed by atoms with Gasteiger partial charge in [0.1, 0.15) is 5.82 Å². The summed E-state index contributed by atoms with van der Waals surface area (Å²) in [5, 5.41) is 2.95. The van der Waals surface area contributed by atoms with Gasteiger partial charge in [0.2, 0.25) is 0 Å². The maximum absolute atomic E-state index is 12.6. The number of nitrogens with zero attached hydrogens (tertiary/aromatic N) is 2. The van der Waals surface area contributed by atoms with Crippen molar-refractivity contribution in [1.82, 2.24) is 9.88 Å². The van der Waals surface area contributed by atoms with E-state index in [1.54, 1.807) is 6.20 Å². The van der Waals surface area contributed by atoms with E-state index >= 15 is 0 Å². The standard InChI is InChI=1S/C14H19N3O2/c1-15-13-6-5-10(9-16-13)14(18)17-7-8-19-12-4-2-3-11(12)17/h5-6,9,11-12H,2-4,7-8H2,1H3,(H,15,16). The fourth-order valence-corrected chi connectivity index (χ4v) is 3.01. The molecular formula is C14H19N3O2. The Labute approximate surface area is 113 Å². The maximum atomic E-state index is 12.6. The van der Waals surface area contributed by atoms with Gasteiger partial charge in [-0.2, -0.15) is 0 Å². The quantitative estimate of drug-likeness (QED) is 0.877. The Morgan fingerprint density at radius 2 is 2.37 bits per heavy atom. The zero-order valence-electron chi connectivity index (χ0n) is 11.1. The summed E-state index contributed by atoms with van der Waals surface area (Å²) in [7, 11) is 1.81. The van der Waals surface area contributed by atoms with E-state index in [9.17, 15) is 4.79 Å². The average Bonchev–Trinajstić information content (AvgIpc) is 2.95. The zero-order chi connectivity index (χ0) is 13.2. The number of hydrogen-bond acceptors (Lipinski definition) is 4. The lowest BCUT2D eigenvalue weighted by atomic mass is 10.1. The van der Waals surface area contributed by atoms with Crippen molar-refractivity contribution in [3.8, 4) is 0 Å². The highest BCUT2D eigenvalue weighted by molar-refractivity contribution is 5.94. The van der Waals surface area contributed by atoms with Crippen molar-refractivity contribution in [2.75, 3.05) is 25.5 Å². The van der Waals surface area contributed by atoms with Gasteiger partial charge in [-0.3, -0.25) is 4.79 Å². The second kappa shape index (κ2) is 5.17. The topological polar surface area (TPSA) is 54.5 Å². The van der Waals surface area contributed by atoms with Gasteiger partial charge < -0.3 is 15.0 Å². The van der Waals surface area contributed by atoms with Crippen molar-refractivity contribution < 1.29 is 9.53 Å². The molecule has 0 bridgehead atoms. The Morgan fingerprint density at radius 3 is 3.11 bits per heavy atom. The first kappa shape index (κ1) is 12.4. The van der Waals surface area contributed by atoms with Gasteiger partial charge in [-0.25, -0.2) is 4.98 Å². The molecule has 1 aromatic heterocycles. The molecule has 0 spiro atoms. The second-order valence-corrected chi connectivity index (χ2v) is 5.09. The zero-order valence-corrected chi connectivity index (χ0v) is 11.1. The predicted molar refractivity (Wildman–Crippen MR) is 72.2 cm³/mol. The first-order valence-electron chi connectivity index (χ1n) is 6.86. The molecule has 1 aliphatic carbocycles. The lowest BCUT2D eigenvalue weighted by Crippen LogP contribution is -2.51. The van der Waals surface area contributed by atoms with Crippen molar-refractivity contribution >= 4 is 11.7 Å². The van der Waals surface area contributed by atoms with Gasteiger partial charge >= 0.3 is 0 Å². The summed E-state index contributed by atoms with van der Waals surface area (Å²) in [4.78, 5) is 18.7. The van der Waals surface area contributed by atoms with Crippen LogP contribution in [-0.2, 0) is 4.74 Å².